The number of hydrogen-bond acceptors (Lipinski definition) is 5. The van der Waals surface area contributed by atoms with Crippen molar-refractivity contribution >= 4 is 43.1 Å². The van der Waals surface area contributed by atoms with Gasteiger partial charge in [-0.2, -0.15) is 5.10 Å². The van der Waals surface area contributed by atoms with Crippen molar-refractivity contribution in [2.75, 3.05) is 0 Å². The van der Waals surface area contributed by atoms with Crippen molar-refractivity contribution in [3.8, 4) is 0 Å². The Morgan fingerprint density at radius 1 is 1.20 bits per heavy atom. The van der Waals surface area contributed by atoms with Gasteiger partial charge >= 0.3 is 0 Å². The smallest absolute Gasteiger partial charge is 0.167 e. The van der Waals surface area contributed by atoms with Crippen molar-refractivity contribution < 1.29 is 0 Å². The summed E-state index contributed by atoms with van der Waals surface area (Å²) in [5.74, 6) is 0.823. The molecule has 4 aromatic heterocycles. The Kier molecular flexibility index (Phi) is 4.11. The van der Waals surface area contributed by atoms with Crippen LogP contribution < -0.4 is 0 Å². The van der Waals surface area contributed by atoms with Crippen molar-refractivity contribution in [1.82, 2.24) is 29.4 Å². The highest BCUT2D eigenvalue weighted by molar-refractivity contribution is 9.10. The largest absolute Gasteiger partial charge is 0.268 e. The Labute approximate surface area is 158 Å². The Hall–Kier alpha value is -1.80. The molecule has 0 atom stereocenters. The highest BCUT2D eigenvalue weighted by Crippen LogP contribution is 2.32. The molecular formula is C17H19BrN6S. The molecule has 4 heterocycles. The summed E-state index contributed by atoms with van der Waals surface area (Å²) >= 11 is 5.31. The molecule has 0 spiro atoms. The van der Waals surface area contributed by atoms with Gasteiger partial charge in [-0.05, 0) is 48.7 Å². The van der Waals surface area contributed by atoms with Crippen LogP contribution in [0.15, 0.2) is 10.8 Å². The molecule has 0 saturated heterocycles. The third-order valence-corrected chi connectivity index (χ3v) is 6.77. The summed E-state index contributed by atoms with van der Waals surface area (Å²) in [6.45, 7) is 9.16. The zero-order valence-corrected chi connectivity index (χ0v) is 17.1. The van der Waals surface area contributed by atoms with Gasteiger partial charge in [0, 0.05) is 23.5 Å². The van der Waals surface area contributed by atoms with E-state index < -0.39 is 0 Å². The van der Waals surface area contributed by atoms with E-state index in [4.69, 9.17) is 4.98 Å². The lowest BCUT2D eigenvalue weighted by Gasteiger charge is -2.01. The molecule has 0 aliphatic heterocycles. The Morgan fingerprint density at radius 3 is 2.68 bits per heavy atom. The van der Waals surface area contributed by atoms with Crippen LogP contribution in [0.4, 0.5) is 0 Å². The maximum absolute atomic E-state index is 4.80. The van der Waals surface area contributed by atoms with E-state index in [2.05, 4.69) is 51.9 Å². The Bertz CT molecular complexity index is 1090. The third-order valence-electron chi connectivity index (χ3n) is 4.57. The van der Waals surface area contributed by atoms with Crippen LogP contribution in [0.25, 0.3) is 15.9 Å². The van der Waals surface area contributed by atoms with Crippen molar-refractivity contribution in [1.29, 1.82) is 0 Å². The lowest BCUT2D eigenvalue weighted by atomic mass is 10.1. The van der Waals surface area contributed by atoms with Crippen LogP contribution in [0.5, 0.6) is 0 Å². The zero-order valence-electron chi connectivity index (χ0n) is 14.7. The molecular weight excluding hydrogens is 400 g/mol. The monoisotopic (exact) mass is 418 g/mol. The van der Waals surface area contributed by atoms with Gasteiger partial charge in [-0.1, -0.05) is 6.92 Å². The second-order valence-corrected chi connectivity index (χ2v) is 8.17. The number of fused-ring (bicyclic) bond motifs is 3. The van der Waals surface area contributed by atoms with Gasteiger partial charge in [-0.15, -0.1) is 16.4 Å². The van der Waals surface area contributed by atoms with E-state index in [9.17, 15) is 0 Å². The fourth-order valence-corrected chi connectivity index (χ4v) is 4.60. The van der Waals surface area contributed by atoms with Crippen LogP contribution in [0.2, 0.25) is 0 Å². The maximum atomic E-state index is 4.80. The van der Waals surface area contributed by atoms with Gasteiger partial charge in [0.25, 0.3) is 0 Å². The third kappa shape index (κ3) is 2.67. The average Bonchev–Trinajstić information content (AvgIpc) is 3.22. The number of hydrogen-bond donors (Lipinski definition) is 0. The van der Waals surface area contributed by atoms with E-state index in [0.717, 1.165) is 56.9 Å². The molecule has 0 bridgehead atoms. The average molecular weight is 419 g/mol. The van der Waals surface area contributed by atoms with Crippen LogP contribution in [0.1, 0.15) is 34.6 Å². The van der Waals surface area contributed by atoms with Gasteiger partial charge in [-0.3, -0.25) is 4.68 Å². The minimum Gasteiger partial charge on any atom is -0.268 e. The summed E-state index contributed by atoms with van der Waals surface area (Å²) in [6.07, 6.45) is 3.49. The van der Waals surface area contributed by atoms with Crippen LogP contribution in [0, 0.1) is 20.8 Å². The number of halogens is 1. The lowest BCUT2D eigenvalue weighted by Crippen LogP contribution is -2.06. The summed E-state index contributed by atoms with van der Waals surface area (Å²) in [5, 5.41) is 10.3. The quantitative estimate of drug-likeness (QED) is 0.501. The molecule has 4 rings (SSSR count). The summed E-state index contributed by atoms with van der Waals surface area (Å²) in [4.78, 5) is 11.7. The number of aryl methyl sites for hydroxylation is 5. The molecule has 0 aromatic carbocycles. The SMILES string of the molecule is CCc1c(C)sc2ncn3nc(CCn4nc(C)c(Br)c4C)nc3c12. The van der Waals surface area contributed by atoms with E-state index in [1.165, 1.54) is 10.4 Å². The van der Waals surface area contributed by atoms with E-state index >= 15 is 0 Å². The molecule has 0 amide bonds. The Morgan fingerprint density at radius 2 is 2.00 bits per heavy atom. The molecule has 8 heteroatoms. The van der Waals surface area contributed by atoms with Crippen LogP contribution in [-0.4, -0.2) is 29.4 Å². The summed E-state index contributed by atoms with van der Waals surface area (Å²) in [7, 11) is 0. The first-order chi connectivity index (χ1) is 12.0. The summed E-state index contributed by atoms with van der Waals surface area (Å²) < 4.78 is 4.88. The first kappa shape index (κ1) is 16.7. The van der Waals surface area contributed by atoms with Gasteiger partial charge in [-0.25, -0.2) is 14.5 Å². The molecule has 0 aliphatic rings. The molecule has 4 aromatic rings. The predicted octanol–water partition coefficient (Wildman–Crippen LogP) is 4.03. The van der Waals surface area contributed by atoms with Crippen molar-refractivity contribution in [2.45, 2.75) is 47.1 Å². The predicted molar refractivity (Wildman–Crippen MR) is 103 cm³/mol. The molecule has 0 radical (unpaired) electrons. The van der Waals surface area contributed by atoms with Gasteiger partial charge < -0.3 is 0 Å². The lowest BCUT2D eigenvalue weighted by molar-refractivity contribution is 0.581. The number of rotatable bonds is 4. The second-order valence-electron chi connectivity index (χ2n) is 6.17. The van der Waals surface area contributed by atoms with E-state index in [1.54, 1.807) is 22.2 Å². The molecule has 6 nitrogen and oxygen atoms in total. The van der Waals surface area contributed by atoms with E-state index in [0.29, 0.717) is 0 Å². The summed E-state index contributed by atoms with van der Waals surface area (Å²) in [5.41, 5.74) is 4.38. The maximum Gasteiger partial charge on any atom is 0.167 e. The van der Waals surface area contributed by atoms with Crippen molar-refractivity contribution in [2.24, 2.45) is 0 Å². The minimum absolute atomic E-state index is 0.738. The summed E-state index contributed by atoms with van der Waals surface area (Å²) in [6, 6.07) is 0. The molecule has 0 saturated carbocycles. The van der Waals surface area contributed by atoms with E-state index in [1.807, 2.05) is 11.6 Å². The highest BCUT2D eigenvalue weighted by Gasteiger charge is 2.16. The van der Waals surface area contributed by atoms with Gasteiger partial charge in [0.1, 0.15) is 11.2 Å². The highest BCUT2D eigenvalue weighted by atomic mass is 79.9. The second kappa shape index (κ2) is 6.17. The number of nitrogens with zero attached hydrogens (tertiary/aromatic N) is 6. The van der Waals surface area contributed by atoms with Crippen LogP contribution in [0.3, 0.4) is 0 Å². The first-order valence-electron chi connectivity index (χ1n) is 8.31. The normalized spacial score (nSPS) is 11.9. The van der Waals surface area contributed by atoms with Crippen LogP contribution in [-0.2, 0) is 19.4 Å². The minimum atomic E-state index is 0.738. The van der Waals surface area contributed by atoms with Crippen molar-refractivity contribution in [3.63, 3.8) is 0 Å². The molecule has 0 fully saturated rings. The molecule has 0 unspecified atom stereocenters. The van der Waals surface area contributed by atoms with E-state index in [-0.39, 0.29) is 0 Å². The fraction of sp³-hybridized carbons (Fsp3) is 0.412. The molecule has 0 N–H and O–H groups in total. The Balaban J connectivity index is 1.71. The topological polar surface area (TPSA) is 60.9 Å². The van der Waals surface area contributed by atoms with Gasteiger partial charge in [0.15, 0.2) is 11.5 Å². The zero-order chi connectivity index (χ0) is 17.7. The standard InChI is InChI=1S/C17H19BrN6S/c1-5-12-11(4)25-17-14(12)16-20-13(22-24(16)8-19-17)6-7-23-10(3)15(18)9(2)21-23/h8H,5-7H2,1-4H3. The number of aromatic nitrogens is 6. The molecule has 0 aliphatic carbocycles. The first-order valence-corrected chi connectivity index (χ1v) is 9.92. The number of thiophene rings is 1. The van der Waals surface area contributed by atoms with Gasteiger partial charge in [0.2, 0.25) is 0 Å². The van der Waals surface area contributed by atoms with Gasteiger partial charge in [0.05, 0.1) is 15.6 Å². The van der Waals surface area contributed by atoms with Crippen molar-refractivity contribution in [3.05, 3.63) is 38.5 Å². The molecule has 25 heavy (non-hydrogen) atoms. The fourth-order valence-electron chi connectivity index (χ4n) is 3.24. The molecule has 130 valence electrons. The van der Waals surface area contributed by atoms with Crippen LogP contribution >= 0.6 is 27.3 Å².